The highest BCUT2D eigenvalue weighted by Gasteiger charge is 2.03. The van der Waals surface area contributed by atoms with Crippen molar-refractivity contribution in [2.24, 2.45) is 0 Å². The smallest absolute Gasteiger partial charge is 0.305 e. The van der Waals surface area contributed by atoms with E-state index in [-0.39, 0.29) is 5.97 Å². The lowest BCUT2D eigenvalue weighted by Crippen LogP contribution is -2.05. The summed E-state index contributed by atoms with van der Waals surface area (Å²) >= 11 is 0. The van der Waals surface area contributed by atoms with Gasteiger partial charge in [-0.2, -0.15) is 0 Å². The number of esters is 1. The molecule has 0 saturated heterocycles. The van der Waals surface area contributed by atoms with E-state index in [2.05, 4.69) is 13.8 Å². The Balaban J connectivity index is 3.12. The van der Waals surface area contributed by atoms with Crippen LogP contribution in [0.1, 0.15) is 271 Å². The molecule has 0 rings (SSSR count). The van der Waals surface area contributed by atoms with Gasteiger partial charge in [0.2, 0.25) is 0 Å². The Hall–Kier alpha value is -0.530. The van der Waals surface area contributed by atoms with Gasteiger partial charge in [-0.1, -0.05) is 251 Å². The van der Waals surface area contributed by atoms with Crippen LogP contribution in [0.4, 0.5) is 0 Å². The van der Waals surface area contributed by atoms with Crippen molar-refractivity contribution in [3.8, 4) is 0 Å². The molecule has 0 atom stereocenters. The molecule has 0 aliphatic carbocycles. The number of rotatable bonds is 41. The zero-order valence-corrected chi connectivity index (χ0v) is 32.3. The van der Waals surface area contributed by atoms with Crippen molar-refractivity contribution in [2.75, 3.05) is 6.61 Å². The number of hydrogen-bond acceptors (Lipinski definition) is 2. The Labute approximate surface area is 292 Å². The first-order valence-electron chi connectivity index (χ1n) is 22.0. The zero-order chi connectivity index (χ0) is 33.3. The zero-order valence-electron chi connectivity index (χ0n) is 32.3. The predicted octanol–water partition coefficient (Wildman–Crippen LogP) is 16.2. The van der Waals surface area contributed by atoms with E-state index in [4.69, 9.17) is 4.74 Å². The van der Waals surface area contributed by atoms with Gasteiger partial charge in [-0.05, 0) is 12.8 Å². The third-order valence-electron chi connectivity index (χ3n) is 10.2. The lowest BCUT2D eigenvalue weighted by atomic mass is 10.0. The van der Waals surface area contributed by atoms with Gasteiger partial charge in [-0.25, -0.2) is 0 Å². The summed E-state index contributed by atoms with van der Waals surface area (Å²) in [5.74, 6) is 0.0295. The van der Waals surface area contributed by atoms with Crippen molar-refractivity contribution >= 4 is 5.97 Å². The fourth-order valence-corrected chi connectivity index (χ4v) is 6.96. The Kier molecular flexibility index (Phi) is 42.0. The lowest BCUT2D eigenvalue weighted by molar-refractivity contribution is -0.143. The third kappa shape index (κ3) is 41.5. The molecule has 0 N–H and O–H groups in total. The van der Waals surface area contributed by atoms with Gasteiger partial charge in [-0.3, -0.25) is 4.79 Å². The highest BCUT2D eigenvalue weighted by atomic mass is 16.5. The Morgan fingerprint density at radius 2 is 0.478 bits per heavy atom. The van der Waals surface area contributed by atoms with Gasteiger partial charge in [0.1, 0.15) is 0 Å². The monoisotopic (exact) mass is 649 g/mol. The van der Waals surface area contributed by atoms with Gasteiger partial charge in [0.15, 0.2) is 0 Å². The maximum absolute atomic E-state index is 12.0. The molecule has 0 amide bonds. The molecule has 0 aromatic rings. The first-order valence-corrected chi connectivity index (χ1v) is 22.0. The fourth-order valence-electron chi connectivity index (χ4n) is 6.96. The van der Waals surface area contributed by atoms with Crippen LogP contribution in [0.25, 0.3) is 0 Å². The van der Waals surface area contributed by atoms with E-state index in [1.807, 2.05) is 0 Å². The van der Waals surface area contributed by atoms with E-state index < -0.39 is 0 Å². The van der Waals surface area contributed by atoms with E-state index in [1.165, 1.54) is 238 Å². The average molecular weight is 649 g/mol. The van der Waals surface area contributed by atoms with Crippen LogP contribution in [0.2, 0.25) is 0 Å². The van der Waals surface area contributed by atoms with Crippen LogP contribution in [0.3, 0.4) is 0 Å². The minimum Gasteiger partial charge on any atom is -0.466 e. The molecule has 0 radical (unpaired) electrons. The van der Waals surface area contributed by atoms with Crippen LogP contribution < -0.4 is 0 Å². The summed E-state index contributed by atoms with van der Waals surface area (Å²) < 4.78 is 5.45. The summed E-state index contributed by atoms with van der Waals surface area (Å²) in [4.78, 5) is 12.0. The Morgan fingerprint density at radius 1 is 0.283 bits per heavy atom. The molecular weight excluding hydrogens is 560 g/mol. The number of unbranched alkanes of at least 4 members (excludes halogenated alkanes) is 37. The summed E-state index contributed by atoms with van der Waals surface area (Å²) in [7, 11) is 0. The number of hydrogen-bond donors (Lipinski definition) is 0. The van der Waals surface area contributed by atoms with Crippen LogP contribution >= 0.6 is 0 Å². The molecule has 0 bridgehead atoms. The van der Waals surface area contributed by atoms with Crippen LogP contribution in [0.5, 0.6) is 0 Å². The van der Waals surface area contributed by atoms with Gasteiger partial charge in [-0.15, -0.1) is 0 Å². The van der Waals surface area contributed by atoms with Gasteiger partial charge in [0.05, 0.1) is 6.61 Å². The lowest BCUT2D eigenvalue weighted by Gasteiger charge is -2.06. The number of carbonyl (C=O) groups is 1. The molecule has 0 aromatic carbocycles. The Morgan fingerprint density at radius 3 is 0.717 bits per heavy atom. The summed E-state index contributed by atoms with van der Waals surface area (Å²) in [5.41, 5.74) is 0. The van der Waals surface area contributed by atoms with E-state index in [9.17, 15) is 4.79 Å². The van der Waals surface area contributed by atoms with Crippen LogP contribution in [0.15, 0.2) is 0 Å². The molecule has 46 heavy (non-hydrogen) atoms. The van der Waals surface area contributed by atoms with E-state index in [0.717, 1.165) is 12.8 Å². The minimum absolute atomic E-state index is 0.0295. The summed E-state index contributed by atoms with van der Waals surface area (Å²) in [6.45, 7) is 5.22. The summed E-state index contributed by atoms with van der Waals surface area (Å²) in [5, 5.41) is 0. The molecule has 0 aliphatic heterocycles. The third-order valence-corrected chi connectivity index (χ3v) is 10.2. The summed E-state index contributed by atoms with van der Waals surface area (Å²) in [6, 6.07) is 0. The van der Waals surface area contributed by atoms with E-state index in [1.54, 1.807) is 0 Å². The largest absolute Gasteiger partial charge is 0.466 e. The molecule has 2 heteroatoms. The van der Waals surface area contributed by atoms with Gasteiger partial charge < -0.3 is 4.74 Å². The fraction of sp³-hybridized carbons (Fsp3) is 0.977. The molecule has 0 heterocycles. The highest BCUT2D eigenvalue weighted by molar-refractivity contribution is 5.69. The van der Waals surface area contributed by atoms with Crippen molar-refractivity contribution < 1.29 is 9.53 Å². The second-order valence-electron chi connectivity index (χ2n) is 15.1. The first kappa shape index (κ1) is 45.5. The SMILES string of the molecule is CCCCCCCCCCCCCCCCCCCCCCCCCCCCCCC(=O)OCCCCCCCCCCCCC. The highest BCUT2D eigenvalue weighted by Crippen LogP contribution is 2.17. The normalized spacial score (nSPS) is 11.4. The van der Waals surface area contributed by atoms with Crippen molar-refractivity contribution in [1.29, 1.82) is 0 Å². The maximum Gasteiger partial charge on any atom is 0.305 e. The standard InChI is InChI=1S/C44H88O2/c1-3-5-7-9-11-13-15-16-17-18-19-20-21-22-23-24-25-26-27-28-29-30-31-32-34-36-38-40-42-44(45)46-43-41-39-37-35-33-14-12-10-8-6-4-2/h3-43H2,1-2H3. The van der Waals surface area contributed by atoms with Gasteiger partial charge in [0, 0.05) is 6.42 Å². The average Bonchev–Trinajstić information content (AvgIpc) is 3.06. The molecule has 0 aliphatic rings. The molecule has 276 valence electrons. The van der Waals surface area contributed by atoms with E-state index in [0.29, 0.717) is 13.0 Å². The van der Waals surface area contributed by atoms with Crippen molar-refractivity contribution in [3.63, 3.8) is 0 Å². The minimum atomic E-state index is 0.0295. The van der Waals surface area contributed by atoms with Gasteiger partial charge in [0.25, 0.3) is 0 Å². The maximum atomic E-state index is 12.0. The Bertz CT molecular complexity index is 544. The molecular formula is C44H88O2. The first-order chi connectivity index (χ1) is 22.8. The van der Waals surface area contributed by atoms with Crippen LogP contribution in [-0.4, -0.2) is 12.6 Å². The number of ether oxygens (including phenoxy) is 1. The van der Waals surface area contributed by atoms with Crippen molar-refractivity contribution in [1.82, 2.24) is 0 Å². The second-order valence-corrected chi connectivity index (χ2v) is 15.1. The molecule has 0 aromatic heterocycles. The molecule has 0 spiro atoms. The second kappa shape index (κ2) is 42.5. The van der Waals surface area contributed by atoms with Crippen LogP contribution in [-0.2, 0) is 9.53 Å². The molecule has 0 saturated carbocycles. The van der Waals surface area contributed by atoms with E-state index >= 15 is 0 Å². The van der Waals surface area contributed by atoms with Crippen LogP contribution in [0, 0.1) is 0 Å². The van der Waals surface area contributed by atoms with Crippen molar-refractivity contribution in [2.45, 2.75) is 271 Å². The number of carbonyl (C=O) groups excluding carboxylic acids is 1. The molecule has 0 fully saturated rings. The predicted molar refractivity (Wildman–Crippen MR) is 207 cm³/mol. The van der Waals surface area contributed by atoms with Crippen molar-refractivity contribution in [3.05, 3.63) is 0 Å². The summed E-state index contributed by atoms with van der Waals surface area (Å²) in [6.07, 6.45) is 55.0. The topological polar surface area (TPSA) is 26.3 Å². The molecule has 2 nitrogen and oxygen atoms in total. The van der Waals surface area contributed by atoms with Gasteiger partial charge >= 0.3 is 5.97 Å². The molecule has 0 unspecified atom stereocenters. The quantitative estimate of drug-likeness (QED) is 0.0487.